The lowest BCUT2D eigenvalue weighted by Gasteiger charge is -2.08. The summed E-state index contributed by atoms with van der Waals surface area (Å²) >= 11 is 5.57. The molecule has 0 atom stereocenters. The summed E-state index contributed by atoms with van der Waals surface area (Å²) in [6, 6.07) is 1.04. The average Bonchev–Trinajstić information content (AvgIpc) is 2.12. The summed E-state index contributed by atoms with van der Waals surface area (Å²) in [4.78, 5) is 10.6. The normalized spacial score (nSPS) is 9.93. The summed E-state index contributed by atoms with van der Waals surface area (Å²) in [5, 5.41) is 8.50. The molecule has 0 radical (unpaired) electrons. The first-order valence-corrected chi connectivity index (χ1v) is 3.91. The van der Waals surface area contributed by atoms with Crippen LogP contribution in [0.5, 0.6) is 5.75 Å². The van der Waals surface area contributed by atoms with E-state index in [-0.39, 0.29) is 16.3 Å². The van der Waals surface area contributed by atoms with Crippen LogP contribution in [0.2, 0.25) is 5.02 Å². The zero-order valence-corrected chi connectivity index (χ0v) is 7.93. The number of carboxylic acids is 1. The molecule has 0 amide bonds. The molecular weight excluding hydrogens is 213 g/mol. The van der Waals surface area contributed by atoms with E-state index in [1.807, 2.05) is 0 Å². The first-order valence-electron chi connectivity index (χ1n) is 3.53. The second-order valence-corrected chi connectivity index (χ2v) is 2.88. The fourth-order valence-corrected chi connectivity index (χ4v) is 1.25. The Morgan fingerprint density at radius 3 is 2.71 bits per heavy atom. The SMILES string of the molecule is COc1c(Cl)cc(C(=O)O)c(N)c1F. The third kappa shape index (κ3) is 1.58. The molecule has 4 nitrogen and oxygen atoms in total. The largest absolute Gasteiger partial charge is 0.492 e. The Balaban J connectivity index is 3.47. The molecule has 0 bridgehead atoms. The van der Waals surface area contributed by atoms with Crippen molar-refractivity contribution in [1.82, 2.24) is 0 Å². The highest BCUT2D eigenvalue weighted by molar-refractivity contribution is 6.32. The van der Waals surface area contributed by atoms with Crippen LogP contribution in [0, 0.1) is 5.82 Å². The van der Waals surface area contributed by atoms with Crippen LogP contribution in [-0.4, -0.2) is 18.2 Å². The lowest BCUT2D eigenvalue weighted by atomic mass is 10.1. The van der Waals surface area contributed by atoms with Crippen LogP contribution in [0.25, 0.3) is 0 Å². The predicted octanol–water partition coefficient (Wildman–Crippen LogP) is 1.77. The number of ether oxygens (including phenoxy) is 1. The summed E-state index contributed by atoms with van der Waals surface area (Å²) in [5.41, 5.74) is 4.37. The van der Waals surface area contributed by atoms with Gasteiger partial charge in [0.1, 0.15) is 0 Å². The Hall–Kier alpha value is -1.49. The highest BCUT2D eigenvalue weighted by Gasteiger charge is 2.19. The van der Waals surface area contributed by atoms with Crippen molar-refractivity contribution in [3.05, 3.63) is 22.5 Å². The van der Waals surface area contributed by atoms with Gasteiger partial charge in [0.05, 0.1) is 23.4 Å². The summed E-state index contributed by atoms with van der Waals surface area (Å²) in [7, 11) is 1.21. The van der Waals surface area contributed by atoms with Gasteiger partial charge in [0.2, 0.25) is 0 Å². The Morgan fingerprint density at radius 2 is 2.29 bits per heavy atom. The van der Waals surface area contributed by atoms with Gasteiger partial charge in [-0.25, -0.2) is 9.18 Å². The first-order chi connectivity index (χ1) is 6.49. The summed E-state index contributed by atoms with van der Waals surface area (Å²) < 4.78 is 17.9. The quantitative estimate of drug-likeness (QED) is 0.744. The van der Waals surface area contributed by atoms with Crippen molar-refractivity contribution in [3.8, 4) is 5.75 Å². The Labute approximate surface area is 84.0 Å². The molecule has 0 aromatic heterocycles. The minimum Gasteiger partial charge on any atom is -0.492 e. The molecule has 14 heavy (non-hydrogen) atoms. The number of rotatable bonds is 2. The molecule has 1 aromatic rings. The van der Waals surface area contributed by atoms with Crippen molar-refractivity contribution in [2.75, 3.05) is 12.8 Å². The molecule has 76 valence electrons. The summed E-state index contributed by atoms with van der Waals surface area (Å²) in [5.74, 6) is -2.56. The topological polar surface area (TPSA) is 72.5 Å². The number of carbonyl (C=O) groups is 1. The number of hydrogen-bond acceptors (Lipinski definition) is 3. The van der Waals surface area contributed by atoms with E-state index in [4.69, 9.17) is 22.4 Å². The predicted molar refractivity (Wildman–Crippen MR) is 49.3 cm³/mol. The van der Waals surface area contributed by atoms with Gasteiger partial charge in [0.15, 0.2) is 11.6 Å². The van der Waals surface area contributed by atoms with E-state index >= 15 is 0 Å². The molecule has 0 saturated carbocycles. The number of carboxylic acid groups (broad SMARTS) is 1. The van der Waals surface area contributed by atoms with E-state index in [1.54, 1.807) is 0 Å². The Bertz CT molecular complexity index is 395. The third-order valence-electron chi connectivity index (χ3n) is 1.65. The number of methoxy groups -OCH3 is 1. The lowest BCUT2D eigenvalue weighted by molar-refractivity contribution is 0.0697. The van der Waals surface area contributed by atoms with Crippen molar-refractivity contribution in [3.63, 3.8) is 0 Å². The molecule has 0 unspecified atom stereocenters. The van der Waals surface area contributed by atoms with E-state index in [1.165, 1.54) is 7.11 Å². The van der Waals surface area contributed by atoms with Gasteiger partial charge in [-0.05, 0) is 6.07 Å². The van der Waals surface area contributed by atoms with Crippen molar-refractivity contribution < 1.29 is 19.0 Å². The molecule has 3 N–H and O–H groups in total. The summed E-state index contributed by atoms with van der Waals surface area (Å²) in [6.07, 6.45) is 0. The monoisotopic (exact) mass is 219 g/mol. The number of halogens is 2. The van der Waals surface area contributed by atoms with Gasteiger partial charge >= 0.3 is 5.97 Å². The van der Waals surface area contributed by atoms with Gasteiger partial charge in [0.25, 0.3) is 0 Å². The molecular formula is C8H7ClFNO3. The fraction of sp³-hybridized carbons (Fsp3) is 0.125. The number of nitrogen functional groups attached to an aromatic ring is 1. The molecule has 0 heterocycles. The minimum absolute atomic E-state index is 0.128. The van der Waals surface area contributed by atoms with Crippen LogP contribution < -0.4 is 10.5 Å². The number of nitrogens with two attached hydrogens (primary N) is 1. The average molecular weight is 220 g/mol. The van der Waals surface area contributed by atoms with Crippen molar-refractivity contribution in [1.29, 1.82) is 0 Å². The molecule has 0 aliphatic carbocycles. The lowest BCUT2D eigenvalue weighted by Crippen LogP contribution is -2.06. The second-order valence-electron chi connectivity index (χ2n) is 2.47. The fourth-order valence-electron chi connectivity index (χ4n) is 0.979. The first kappa shape index (κ1) is 10.6. The molecule has 0 aliphatic rings. The maximum Gasteiger partial charge on any atom is 0.337 e. The van der Waals surface area contributed by atoms with Crippen molar-refractivity contribution >= 4 is 23.3 Å². The standard InChI is InChI=1S/C8H7ClFNO3/c1-14-7-4(9)2-3(8(12)13)6(11)5(7)10/h2H,11H2,1H3,(H,12,13). The van der Waals surface area contributed by atoms with E-state index < -0.39 is 17.5 Å². The van der Waals surface area contributed by atoms with Gasteiger partial charge in [-0.1, -0.05) is 11.6 Å². The van der Waals surface area contributed by atoms with Crippen molar-refractivity contribution in [2.24, 2.45) is 0 Å². The van der Waals surface area contributed by atoms with Gasteiger partial charge in [0, 0.05) is 0 Å². The Kier molecular flexibility index (Phi) is 2.81. The highest BCUT2D eigenvalue weighted by atomic mass is 35.5. The molecule has 1 aromatic carbocycles. The molecule has 6 heteroatoms. The highest BCUT2D eigenvalue weighted by Crippen LogP contribution is 2.33. The third-order valence-corrected chi connectivity index (χ3v) is 1.93. The van der Waals surface area contributed by atoms with E-state index in [2.05, 4.69) is 4.74 Å². The molecule has 1 rings (SSSR count). The maximum absolute atomic E-state index is 13.3. The van der Waals surface area contributed by atoms with Gasteiger partial charge in [-0.2, -0.15) is 0 Å². The number of hydrogen-bond donors (Lipinski definition) is 2. The van der Waals surface area contributed by atoms with Crippen molar-refractivity contribution in [2.45, 2.75) is 0 Å². The number of benzene rings is 1. The minimum atomic E-state index is -1.34. The smallest absolute Gasteiger partial charge is 0.337 e. The molecule has 0 saturated heterocycles. The molecule has 0 fully saturated rings. The molecule has 0 spiro atoms. The van der Waals surface area contributed by atoms with Crippen LogP contribution in [0.15, 0.2) is 6.07 Å². The second kappa shape index (κ2) is 3.71. The zero-order chi connectivity index (χ0) is 10.9. The zero-order valence-electron chi connectivity index (χ0n) is 7.17. The summed E-state index contributed by atoms with van der Waals surface area (Å²) in [6.45, 7) is 0. The van der Waals surface area contributed by atoms with Gasteiger partial charge in [-0.3, -0.25) is 0 Å². The number of aromatic carboxylic acids is 1. The van der Waals surface area contributed by atoms with E-state index in [0.29, 0.717) is 0 Å². The van der Waals surface area contributed by atoms with Crippen LogP contribution in [0.1, 0.15) is 10.4 Å². The van der Waals surface area contributed by atoms with Crippen LogP contribution in [0.3, 0.4) is 0 Å². The maximum atomic E-state index is 13.3. The van der Waals surface area contributed by atoms with Crippen LogP contribution >= 0.6 is 11.6 Å². The van der Waals surface area contributed by atoms with Crippen LogP contribution in [0.4, 0.5) is 10.1 Å². The van der Waals surface area contributed by atoms with Gasteiger partial charge < -0.3 is 15.6 Å². The molecule has 0 aliphatic heterocycles. The van der Waals surface area contributed by atoms with E-state index in [9.17, 15) is 9.18 Å². The van der Waals surface area contributed by atoms with Crippen LogP contribution in [-0.2, 0) is 0 Å². The van der Waals surface area contributed by atoms with Gasteiger partial charge in [-0.15, -0.1) is 0 Å². The van der Waals surface area contributed by atoms with E-state index in [0.717, 1.165) is 6.07 Å². The Morgan fingerprint density at radius 1 is 1.71 bits per heavy atom. The number of anilines is 1.